The van der Waals surface area contributed by atoms with Crippen molar-refractivity contribution in [1.82, 2.24) is 16.0 Å². The molecule has 0 aromatic heterocycles. The van der Waals surface area contributed by atoms with Crippen LogP contribution in [0.5, 0.6) is 0 Å². The summed E-state index contributed by atoms with van der Waals surface area (Å²) < 4.78 is 0. The Morgan fingerprint density at radius 3 is 2.48 bits per heavy atom. The Morgan fingerprint density at radius 2 is 1.86 bits per heavy atom. The highest BCUT2D eigenvalue weighted by Crippen LogP contribution is 2.08. The first-order valence-electron chi connectivity index (χ1n) is 6.95. The molecule has 2 rings (SSSR count). The van der Waals surface area contributed by atoms with Crippen LogP contribution in [0, 0.1) is 12.8 Å². The van der Waals surface area contributed by atoms with Crippen molar-refractivity contribution in [2.24, 2.45) is 5.92 Å². The van der Waals surface area contributed by atoms with Crippen molar-refractivity contribution >= 4 is 17.7 Å². The zero-order chi connectivity index (χ0) is 15.2. The van der Waals surface area contributed by atoms with Gasteiger partial charge in [-0.3, -0.25) is 14.4 Å². The van der Waals surface area contributed by atoms with Gasteiger partial charge in [0.25, 0.3) is 5.91 Å². The second kappa shape index (κ2) is 6.88. The smallest absolute Gasteiger partial charge is 0.251 e. The number of nitrogens with one attached hydrogen (secondary N) is 3. The van der Waals surface area contributed by atoms with E-state index in [1.807, 2.05) is 19.1 Å². The summed E-state index contributed by atoms with van der Waals surface area (Å²) in [6, 6.07) is 7.28. The summed E-state index contributed by atoms with van der Waals surface area (Å²) in [7, 11) is 0. The van der Waals surface area contributed by atoms with Gasteiger partial charge in [-0.2, -0.15) is 0 Å². The van der Waals surface area contributed by atoms with Crippen molar-refractivity contribution in [2.45, 2.75) is 13.3 Å². The van der Waals surface area contributed by atoms with E-state index in [4.69, 9.17) is 0 Å². The predicted octanol–water partition coefficient (Wildman–Crippen LogP) is -0.0229. The first kappa shape index (κ1) is 15.0. The summed E-state index contributed by atoms with van der Waals surface area (Å²) in [6.45, 7) is 3.05. The van der Waals surface area contributed by atoms with Gasteiger partial charge in [-0.05, 0) is 19.1 Å². The molecule has 0 aliphatic carbocycles. The number of amides is 3. The summed E-state index contributed by atoms with van der Waals surface area (Å²) in [5.41, 5.74) is 1.69. The highest BCUT2D eigenvalue weighted by atomic mass is 16.2. The molecule has 1 aromatic carbocycles. The van der Waals surface area contributed by atoms with Crippen LogP contribution < -0.4 is 16.0 Å². The van der Waals surface area contributed by atoms with Gasteiger partial charge < -0.3 is 16.0 Å². The van der Waals surface area contributed by atoms with Gasteiger partial charge >= 0.3 is 0 Å². The molecule has 1 fully saturated rings. The lowest BCUT2D eigenvalue weighted by Crippen LogP contribution is -2.38. The van der Waals surface area contributed by atoms with Crippen LogP contribution in [0.3, 0.4) is 0 Å². The maximum absolute atomic E-state index is 11.8. The van der Waals surface area contributed by atoms with E-state index in [2.05, 4.69) is 16.0 Å². The number of carbonyl (C=O) groups is 3. The van der Waals surface area contributed by atoms with E-state index in [0.717, 1.165) is 5.56 Å². The lowest BCUT2D eigenvalue weighted by Gasteiger charge is -2.10. The van der Waals surface area contributed by atoms with E-state index in [1.54, 1.807) is 12.1 Å². The minimum atomic E-state index is -0.301. The monoisotopic (exact) mass is 289 g/mol. The van der Waals surface area contributed by atoms with Crippen LogP contribution in [0.4, 0.5) is 0 Å². The van der Waals surface area contributed by atoms with Gasteiger partial charge in [0.15, 0.2) is 0 Å². The molecular weight excluding hydrogens is 270 g/mol. The number of carbonyl (C=O) groups excluding carboxylic acids is 3. The van der Waals surface area contributed by atoms with E-state index in [9.17, 15) is 14.4 Å². The molecule has 3 N–H and O–H groups in total. The van der Waals surface area contributed by atoms with E-state index in [-0.39, 0.29) is 30.1 Å². The third kappa shape index (κ3) is 4.30. The molecule has 0 bridgehead atoms. The molecule has 0 radical (unpaired) electrons. The van der Waals surface area contributed by atoms with Gasteiger partial charge in [0.1, 0.15) is 0 Å². The first-order valence-corrected chi connectivity index (χ1v) is 6.95. The van der Waals surface area contributed by atoms with Gasteiger partial charge in [-0.1, -0.05) is 17.7 Å². The van der Waals surface area contributed by atoms with Crippen LogP contribution in [0.2, 0.25) is 0 Å². The van der Waals surface area contributed by atoms with Gasteiger partial charge in [0.2, 0.25) is 11.8 Å². The molecule has 3 amide bonds. The SMILES string of the molecule is Cc1ccc(C(=O)NCCNC(=O)C2CNC(=O)C2)cc1. The average Bonchev–Trinajstić information content (AvgIpc) is 2.90. The second-order valence-electron chi connectivity index (χ2n) is 5.12. The minimum absolute atomic E-state index is 0.0946. The summed E-state index contributed by atoms with van der Waals surface area (Å²) >= 11 is 0. The molecular formula is C15H19N3O3. The zero-order valence-corrected chi connectivity index (χ0v) is 11.9. The fourth-order valence-electron chi connectivity index (χ4n) is 2.10. The number of benzene rings is 1. The van der Waals surface area contributed by atoms with Crippen molar-refractivity contribution in [1.29, 1.82) is 0 Å². The van der Waals surface area contributed by atoms with Crippen molar-refractivity contribution in [3.63, 3.8) is 0 Å². The maximum Gasteiger partial charge on any atom is 0.251 e. The minimum Gasteiger partial charge on any atom is -0.355 e. The lowest BCUT2D eigenvalue weighted by molar-refractivity contribution is -0.126. The Morgan fingerprint density at radius 1 is 1.19 bits per heavy atom. The maximum atomic E-state index is 11.8. The van der Waals surface area contributed by atoms with Gasteiger partial charge in [-0.15, -0.1) is 0 Å². The highest BCUT2D eigenvalue weighted by molar-refractivity contribution is 5.94. The largest absolute Gasteiger partial charge is 0.355 e. The first-order chi connectivity index (χ1) is 10.1. The van der Waals surface area contributed by atoms with Crippen LogP contribution in [0.25, 0.3) is 0 Å². The Hall–Kier alpha value is -2.37. The molecule has 0 saturated carbocycles. The number of hydrogen-bond acceptors (Lipinski definition) is 3. The van der Waals surface area contributed by atoms with Crippen molar-refractivity contribution < 1.29 is 14.4 Å². The van der Waals surface area contributed by atoms with Crippen LogP contribution >= 0.6 is 0 Å². The van der Waals surface area contributed by atoms with E-state index in [1.165, 1.54) is 0 Å². The van der Waals surface area contributed by atoms with Gasteiger partial charge in [0.05, 0.1) is 5.92 Å². The Balaban J connectivity index is 1.67. The molecule has 0 spiro atoms. The Kier molecular flexibility index (Phi) is 4.92. The summed E-state index contributed by atoms with van der Waals surface area (Å²) in [5, 5.41) is 8.07. The normalized spacial score (nSPS) is 17.2. The second-order valence-corrected chi connectivity index (χ2v) is 5.12. The molecule has 6 nitrogen and oxygen atoms in total. The molecule has 1 unspecified atom stereocenters. The van der Waals surface area contributed by atoms with Crippen LogP contribution in [0.15, 0.2) is 24.3 Å². The molecule has 6 heteroatoms. The van der Waals surface area contributed by atoms with E-state index in [0.29, 0.717) is 25.2 Å². The Labute approximate surface area is 123 Å². The van der Waals surface area contributed by atoms with Crippen molar-refractivity contribution in [3.8, 4) is 0 Å². The van der Waals surface area contributed by atoms with Crippen LogP contribution in [0.1, 0.15) is 22.3 Å². The summed E-state index contributed by atoms with van der Waals surface area (Å²) in [4.78, 5) is 34.6. The molecule has 1 atom stereocenters. The van der Waals surface area contributed by atoms with Gasteiger partial charge in [0, 0.05) is 31.6 Å². The molecule has 1 aliphatic rings. The lowest BCUT2D eigenvalue weighted by atomic mass is 10.1. The number of hydrogen-bond donors (Lipinski definition) is 3. The van der Waals surface area contributed by atoms with Crippen LogP contribution in [-0.4, -0.2) is 37.4 Å². The van der Waals surface area contributed by atoms with Crippen LogP contribution in [-0.2, 0) is 9.59 Å². The highest BCUT2D eigenvalue weighted by Gasteiger charge is 2.27. The topological polar surface area (TPSA) is 87.3 Å². The molecule has 1 aromatic rings. The van der Waals surface area contributed by atoms with Crippen molar-refractivity contribution in [2.75, 3.05) is 19.6 Å². The molecule has 1 aliphatic heterocycles. The fourth-order valence-corrected chi connectivity index (χ4v) is 2.10. The zero-order valence-electron chi connectivity index (χ0n) is 11.9. The summed E-state index contributed by atoms with van der Waals surface area (Å²) in [5.74, 6) is -0.715. The third-order valence-electron chi connectivity index (χ3n) is 3.37. The fraction of sp³-hybridized carbons (Fsp3) is 0.400. The number of rotatable bonds is 5. The molecule has 21 heavy (non-hydrogen) atoms. The third-order valence-corrected chi connectivity index (χ3v) is 3.37. The summed E-state index contributed by atoms with van der Waals surface area (Å²) in [6.07, 6.45) is 0.238. The van der Waals surface area contributed by atoms with Gasteiger partial charge in [-0.25, -0.2) is 0 Å². The molecule has 1 heterocycles. The average molecular weight is 289 g/mol. The standard InChI is InChI=1S/C15H19N3O3/c1-10-2-4-11(5-3-10)14(20)16-6-7-17-15(21)12-8-13(19)18-9-12/h2-5,12H,6-9H2,1H3,(H,16,20)(H,17,21)(H,18,19). The van der Waals surface area contributed by atoms with E-state index < -0.39 is 0 Å². The van der Waals surface area contributed by atoms with Crippen molar-refractivity contribution in [3.05, 3.63) is 35.4 Å². The Bertz CT molecular complexity index is 540. The number of aryl methyl sites for hydroxylation is 1. The molecule has 112 valence electrons. The van der Waals surface area contributed by atoms with E-state index >= 15 is 0 Å². The predicted molar refractivity (Wildman–Crippen MR) is 77.6 cm³/mol. The molecule has 1 saturated heterocycles. The quantitative estimate of drug-likeness (QED) is 0.666.